The molecular weight excluding hydrogens is 321 g/mol. The largest absolute Gasteiger partial charge is 0.481 e. The van der Waals surface area contributed by atoms with E-state index in [1.54, 1.807) is 13.0 Å². The first-order chi connectivity index (χ1) is 8.88. The van der Waals surface area contributed by atoms with E-state index in [-0.39, 0.29) is 18.8 Å². The number of benzene rings is 1. The molecule has 0 radical (unpaired) electrons. The summed E-state index contributed by atoms with van der Waals surface area (Å²) in [5.74, 6) is -2.13. The number of nitrogens with one attached hydrogen (secondary N) is 1. The van der Waals surface area contributed by atoms with Crippen LogP contribution >= 0.6 is 15.9 Å². The Kier molecular flexibility index (Phi) is 5.75. The highest BCUT2D eigenvalue weighted by Gasteiger charge is 2.12. The maximum absolute atomic E-state index is 13.4. The predicted molar refractivity (Wildman–Crippen MR) is 69.5 cm³/mol. The molecule has 0 aliphatic rings. The Morgan fingerprint density at radius 3 is 2.79 bits per heavy atom. The molecule has 2 N–H and O–H groups in total. The molecule has 0 aromatic heterocycles. The number of carboxylic acid groups (broad SMARTS) is 1. The zero-order chi connectivity index (χ0) is 14.4. The van der Waals surface area contributed by atoms with E-state index in [0.717, 1.165) is 0 Å². The molecule has 0 saturated carbocycles. The van der Waals surface area contributed by atoms with Crippen molar-refractivity contribution in [3.05, 3.63) is 28.5 Å². The third kappa shape index (κ3) is 5.69. The van der Waals surface area contributed by atoms with E-state index in [1.165, 1.54) is 12.1 Å². The fourth-order valence-corrected chi connectivity index (χ4v) is 1.70. The molecule has 0 aliphatic heterocycles. The van der Waals surface area contributed by atoms with Crippen molar-refractivity contribution in [3.63, 3.8) is 0 Å². The van der Waals surface area contributed by atoms with E-state index in [1.807, 2.05) is 0 Å². The Labute approximate surface area is 117 Å². The fraction of sp³-hybridized carbons (Fsp3) is 0.333. The highest BCUT2D eigenvalue weighted by Crippen LogP contribution is 2.21. The molecule has 0 aliphatic carbocycles. The van der Waals surface area contributed by atoms with Crippen molar-refractivity contribution in [3.8, 4) is 5.75 Å². The minimum Gasteiger partial charge on any atom is -0.481 e. The van der Waals surface area contributed by atoms with Crippen LogP contribution in [0.4, 0.5) is 4.39 Å². The number of hydrogen-bond donors (Lipinski definition) is 2. The molecule has 1 amide bonds. The van der Waals surface area contributed by atoms with Crippen LogP contribution in [0.5, 0.6) is 5.75 Å². The highest BCUT2D eigenvalue weighted by atomic mass is 79.9. The molecule has 1 atom stereocenters. The van der Waals surface area contributed by atoms with Crippen LogP contribution in [0.2, 0.25) is 0 Å². The van der Waals surface area contributed by atoms with E-state index in [0.29, 0.717) is 4.47 Å². The Bertz CT molecular complexity index is 481. The second-order valence-electron chi connectivity index (χ2n) is 3.93. The van der Waals surface area contributed by atoms with E-state index in [9.17, 15) is 14.0 Å². The SMILES string of the molecule is CC(CC(=O)O)NC(=O)COc1ccc(Br)cc1F. The van der Waals surface area contributed by atoms with Gasteiger partial charge in [-0.1, -0.05) is 15.9 Å². The third-order valence-electron chi connectivity index (χ3n) is 2.14. The number of hydrogen-bond acceptors (Lipinski definition) is 3. The molecule has 7 heteroatoms. The van der Waals surface area contributed by atoms with Crippen molar-refractivity contribution in [1.29, 1.82) is 0 Å². The third-order valence-corrected chi connectivity index (χ3v) is 2.63. The maximum atomic E-state index is 13.4. The summed E-state index contributed by atoms with van der Waals surface area (Å²) in [6.07, 6.45) is -0.182. The lowest BCUT2D eigenvalue weighted by Crippen LogP contribution is -2.37. The summed E-state index contributed by atoms with van der Waals surface area (Å²) in [6.45, 7) is 1.19. The van der Waals surface area contributed by atoms with Crippen LogP contribution in [0.15, 0.2) is 22.7 Å². The second kappa shape index (κ2) is 7.08. The van der Waals surface area contributed by atoms with E-state index >= 15 is 0 Å². The van der Waals surface area contributed by atoms with Crippen molar-refractivity contribution < 1.29 is 23.8 Å². The maximum Gasteiger partial charge on any atom is 0.305 e. The Morgan fingerprint density at radius 2 is 2.21 bits per heavy atom. The van der Waals surface area contributed by atoms with E-state index in [2.05, 4.69) is 21.2 Å². The second-order valence-corrected chi connectivity index (χ2v) is 4.85. The van der Waals surface area contributed by atoms with Crippen molar-refractivity contribution in [2.24, 2.45) is 0 Å². The summed E-state index contributed by atoms with van der Waals surface area (Å²) in [7, 11) is 0. The Balaban J connectivity index is 2.43. The standard InChI is InChI=1S/C12H13BrFNO4/c1-7(4-12(17)18)15-11(16)6-19-10-3-2-8(13)5-9(10)14/h2-3,5,7H,4,6H2,1H3,(H,15,16)(H,17,18). The van der Waals surface area contributed by atoms with Gasteiger partial charge in [-0.25, -0.2) is 4.39 Å². The van der Waals surface area contributed by atoms with Crippen molar-refractivity contribution in [1.82, 2.24) is 5.32 Å². The molecule has 19 heavy (non-hydrogen) atoms. The van der Waals surface area contributed by atoms with Gasteiger partial charge in [0.25, 0.3) is 5.91 Å². The topological polar surface area (TPSA) is 75.6 Å². The summed E-state index contributed by atoms with van der Waals surface area (Å²) in [4.78, 5) is 21.8. The van der Waals surface area contributed by atoms with Crippen molar-refractivity contribution in [2.45, 2.75) is 19.4 Å². The van der Waals surface area contributed by atoms with Gasteiger partial charge in [0.1, 0.15) is 0 Å². The predicted octanol–water partition coefficient (Wildman–Crippen LogP) is 1.95. The molecule has 1 aromatic carbocycles. The van der Waals surface area contributed by atoms with Crippen LogP contribution in [0.3, 0.4) is 0 Å². The lowest BCUT2D eigenvalue weighted by molar-refractivity contribution is -0.137. The number of rotatable bonds is 6. The molecule has 1 rings (SSSR count). The first-order valence-corrected chi connectivity index (χ1v) is 6.27. The van der Waals surface area contributed by atoms with Gasteiger partial charge in [0, 0.05) is 10.5 Å². The lowest BCUT2D eigenvalue weighted by Gasteiger charge is -2.12. The Hall–Kier alpha value is -1.63. The van der Waals surface area contributed by atoms with Gasteiger partial charge in [0.05, 0.1) is 6.42 Å². The minimum absolute atomic E-state index is 0.0377. The number of aliphatic carboxylic acids is 1. The first-order valence-electron chi connectivity index (χ1n) is 5.47. The van der Waals surface area contributed by atoms with Crippen LogP contribution in [-0.2, 0) is 9.59 Å². The number of halogens is 2. The van der Waals surface area contributed by atoms with Crippen molar-refractivity contribution in [2.75, 3.05) is 6.61 Å². The van der Waals surface area contributed by atoms with Gasteiger partial charge in [-0.15, -0.1) is 0 Å². The minimum atomic E-state index is -1.01. The van der Waals surface area contributed by atoms with Crippen LogP contribution in [0, 0.1) is 5.82 Å². The van der Waals surface area contributed by atoms with Gasteiger partial charge in [0.2, 0.25) is 0 Å². The molecule has 0 saturated heterocycles. The summed E-state index contributed by atoms with van der Waals surface area (Å²) in [6, 6.07) is 3.69. The summed E-state index contributed by atoms with van der Waals surface area (Å²) in [5, 5.41) is 11.0. The molecule has 104 valence electrons. The number of carbonyl (C=O) groups excluding carboxylic acids is 1. The number of ether oxygens (including phenoxy) is 1. The summed E-state index contributed by atoms with van der Waals surface area (Å²) >= 11 is 3.10. The number of amides is 1. The van der Waals surface area contributed by atoms with Crippen LogP contribution in [0.25, 0.3) is 0 Å². The van der Waals surface area contributed by atoms with Crippen LogP contribution < -0.4 is 10.1 Å². The molecule has 0 spiro atoms. The van der Waals surface area contributed by atoms with Gasteiger partial charge in [0.15, 0.2) is 18.2 Å². The van der Waals surface area contributed by atoms with Gasteiger partial charge < -0.3 is 15.2 Å². The average Bonchev–Trinajstić information content (AvgIpc) is 2.26. The molecular formula is C12H13BrFNO4. The summed E-state index contributed by atoms with van der Waals surface area (Å²) < 4.78 is 18.9. The first kappa shape index (κ1) is 15.4. The molecule has 0 fully saturated rings. The van der Waals surface area contributed by atoms with Crippen LogP contribution in [-0.4, -0.2) is 29.6 Å². The molecule has 1 aromatic rings. The summed E-state index contributed by atoms with van der Waals surface area (Å²) in [5.41, 5.74) is 0. The number of carbonyl (C=O) groups is 2. The van der Waals surface area contributed by atoms with Crippen molar-refractivity contribution >= 4 is 27.8 Å². The van der Waals surface area contributed by atoms with E-state index < -0.39 is 23.7 Å². The molecule has 1 unspecified atom stereocenters. The zero-order valence-corrected chi connectivity index (χ0v) is 11.7. The van der Waals surface area contributed by atoms with E-state index in [4.69, 9.17) is 9.84 Å². The van der Waals surface area contributed by atoms with Gasteiger partial charge in [-0.2, -0.15) is 0 Å². The normalized spacial score (nSPS) is 11.7. The van der Waals surface area contributed by atoms with Gasteiger partial charge >= 0.3 is 5.97 Å². The zero-order valence-electron chi connectivity index (χ0n) is 10.2. The molecule has 5 nitrogen and oxygen atoms in total. The Morgan fingerprint density at radius 1 is 1.53 bits per heavy atom. The van der Waals surface area contributed by atoms with Gasteiger partial charge in [-0.05, 0) is 25.1 Å². The van der Waals surface area contributed by atoms with Crippen LogP contribution in [0.1, 0.15) is 13.3 Å². The lowest BCUT2D eigenvalue weighted by atomic mass is 10.2. The highest BCUT2D eigenvalue weighted by molar-refractivity contribution is 9.10. The monoisotopic (exact) mass is 333 g/mol. The molecule has 0 bridgehead atoms. The quantitative estimate of drug-likeness (QED) is 0.834. The molecule has 0 heterocycles. The fourth-order valence-electron chi connectivity index (χ4n) is 1.37. The van der Waals surface area contributed by atoms with Gasteiger partial charge in [-0.3, -0.25) is 9.59 Å². The number of carboxylic acids is 1. The average molecular weight is 334 g/mol. The smallest absolute Gasteiger partial charge is 0.305 e.